The molecule has 7 aromatic carbocycles. The lowest BCUT2D eigenvalue weighted by molar-refractivity contribution is 0.942. The van der Waals surface area contributed by atoms with Crippen molar-refractivity contribution in [1.29, 1.82) is 0 Å². The van der Waals surface area contributed by atoms with Crippen molar-refractivity contribution in [3.05, 3.63) is 191 Å². The molecule has 8 nitrogen and oxygen atoms in total. The van der Waals surface area contributed by atoms with Crippen LogP contribution in [-0.4, -0.2) is 28.5 Å². The molecule has 0 aliphatic heterocycles. The monoisotopic (exact) mass is 708 g/mol. The molecule has 0 saturated carbocycles. The Kier molecular flexibility index (Phi) is 6.69. The van der Waals surface area contributed by atoms with Crippen molar-refractivity contribution in [1.82, 2.24) is 28.5 Å². The van der Waals surface area contributed by atoms with Gasteiger partial charge >= 0.3 is 0 Å². The van der Waals surface area contributed by atoms with E-state index < -0.39 is 0 Å². The van der Waals surface area contributed by atoms with Gasteiger partial charge in [-0.25, -0.2) is 23.9 Å². The highest BCUT2D eigenvalue weighted by molar-refractivity contribution is 6.10. The maximum atomic E-state index is 14.5. The van der Waals surface area contributed by atoms with Gasteiger partial charge in [0.05, 0.1) is 49.7 Å². The van der Waals surface area contributed by atoms with E-state index in [0.29, 0.717) is 33.4 Å². The average molecular weight is 709 g/mol. The summed E-state index contributed by atoms with van der Waals surface area (Å²) in [4.78, 5) is 43.8. The summed E-state index contributed by atoms with van der Waals surface area (Å²) in [6, 6.07) is 55.2. The number of fused-ring (bicyclic) bond motifs is 8. The molecule has 0 saturated heterocycles. The van der Waals surface area contributed by atoms with Gasteiger partial charge in [0.15, 0.2) is 0 Å². The summed E-state index contributed by atoms with van der Waals surface area (Å²) in [6.45, 7) is 0. The number of para-hydroxylation sites is 4. The topological polar surface area (TPSA) is 87.1 Å². The highest BCUT2D eigenvalue weighted by Crippen LogP contribution is 2.36. The van der Waals surface area contributed by atoms with Crippen LogP contribution in [0.4, 0.5) is 0 Å². The van der Waals surface area contributed by atoms with E-state index in [2.05, 4.69) is 53.1 Å². The molecule has 11 rings (SSSR count). The van der Waals surface area contributed by atoms with Crippen LogP contribution in [0.2, 0.25) is 0 Å². The number of nitrogens with zero attached hydrogens (tertiary/aromatic N) is 6. The molecule has 0 atom stereocenters. The lowest BCUT2D eigenvalue weighted by Crippen LogP contribution is -2.28. The van der Waals surface area contributed by atoms with Crippen molar-refractivity contribution < 1.29 is 0 Å². The quantitative estimate of drug-likeness (QED) is 0.134. The van der Waals surface area contributed by atoms with Gasteiger partial charge in [0.25, 0.3) is 11.1 Å². The predicted molar refractivity (Wildman–Crippen MR) is 220 cm³/mol. The largest absolute Gasteiger partial charge is 0.278 e. The molecule has 0 N–H and O–H groups in total. The lowest BCUT2D eigenvalue weighted by atomic mass is 10.0. The average Bonchev–Trinajstić information content (AvgIpc) is 3.58. The van der Waals surface area contributed by atoms with E-state index >= 15 is 0 Å². The Balaban J connectivity index is 1.15. The smallest absolute Gasteiger partial charge is 0.267 e. The van der Waals surface area contributed by atoms with Crippen molar-refractivity contribution in [2.45, 2.75) is 0 Å². The van der Waals surface area contributed by atoms with Crippen LogP contribution in [0.3, 0.4) is 0 Å². The Morgan fingerprint density at radius 1 is 0.382 bits per heavy atom. The Labute approximate surface area is 312 Å². The Hall–Kier alpha value is -7.71. The first-order valence-electron chi connectivity index (χ1n) is 18.0. The van der Waals surface area contributed by atoms with Crippen molar-refractivity contribution in [3.8, 4) is 34.0 Å². The molecular formula is C47H28N6O2. The Morgan fingerprint density at radius 2 is 0.964 bits per heavy atom. The highest BCUT2D eigenvalue weighted by Gasteiger charge is 2.20. The van der Waals surface area contributed by atoms with Crippen LogP contribution in [-0.2, 0) is 0 Å². The van der Waals surface area contributed by atoms with Crippen LogP contribution >= 0.6 is 0 Å². The molecule has 0 bridgehead atoms. The van der Waals surface area contributed by atoms with Gasteiger partial charge in [0.2, 0.25) is 11.7 Å². The predicted octanol–water partition coefficient (Wildman–Crippen LogP) is 9.53. The third-order valence-corrected chi connectivity index (χ3v) is 10.5. The van der Waals surface area contributed by atoms with Gasteiger partial charge in [0.1, 0.15) is 0 Å². The number of aromatic nitrogens is 6. The molecule has 55 heavy (non-hydrogen) atoms. The molecule has 0 fully saturated rings. The first-order chi connectivity index (χ1) is 27.1. The second-order valence-corrected chi connectivity index (χ2v) is 13.6. The highest BCUT2D eigenvalue weighted by atomic mass is 16.1. The minimum Gasteiger partial charge on any atom is -0.278 e. The van der Waals surface area contributed by atoms with Gasteiger partial charge in [0, 0.05) is 21.7 Å². The molecule has 258 valence electrons. The molecule has 11 aromatic rings. The Bertz CT molecular complexity index is 3480. The van der Waals surface area contributed by atoms with E-state index in [9.17, 15) is 9.59 Å². The third kappa shape index (κ3) is 4.68. The second kappa shape index (κ2) is 11.9. The summed E-state index contributed by atoms with van der Waals surface area (Å²) in [6.07, 6.45) is 0. The summed E-state index contributed by atoms with van der Waals surface area (Å²) in [7, 11) is 0. The van der Waals surface area contributed by atoms with E-state index in [0.717, 1.165) is 55.1 Å². The van der Waals surface area contributed by atoms with Crippen LogP contribution in [0.15, 0.2) is 179 Å². The molecule has 0 spiro atoms. The van der Waals surface area contributed by atoms with E-state index in [1.165, 1.54) is 4.57 Å². The van der Waals surface area contributed by atoms with E-state index in [-0.39, 0.29) is 16.9 Å². The molecule has 0 radical (unpaired) electrons. The van der Waals surface area contributed by atoms with Gasteiger partial charge in [-0.2, -0.15) is 0 Å². The van der Waals surface area contributed by atoms with Gasteiger partial charge in [-0.1, -0.05) is 109 Å². The van der Waals surface area contributed by atoms with Crippen LogP contribution in [0.1, 0.15) is 0 Å². The Morgan fingerprint density at radius 3 is 1.73 bits per heavy atom. The van der Waals surface area contributed by atoms with Crippen LogP contribution < -0.4 is 11.1 Å². The zero-order valence-electron chi connectivity index (χ0n) is 29.2. The van der Waals surface area contributed by atoms with Crippen molar-refractivity contribution >= 4 is 60.3 Å². The van der Waals surface area contributed by atoms with Gasteiger partial charge in [-0.15, -0.1) is 0 Å². The minimum absolute atomic E-state index is 0.233. The molecule has 8 heteroatoms. The summed E-state index contributed by atoms with van der Waals surface area (Å²) >= 11 is 0. The van der Waals surface area contributed by atoms with E-state index in [1.54, 1.807) is 16.5 Å². The summed E-state index contributed by atoms with van der Waals surface area (Å²) < 4.78 is 5.21. The fourth-order valence-electron chi connectivity index (χ4n) is 7.94. The second-order valence-electron chi connectivity index (χ2n) is 13.6. The van der Waals surface area contributed by atoms with Crippen LogP contribution in [0, 0.1) is 0 Å². The minimum atomic E-state index is -0.259. The maximum absolute atomic E-state index is 14.5. The molecular weight excluding hydrogens is 681 g/mol. The number of benzene rings is 7. The van der Waals surface area contributed by atoms with Crippen LogP contribution in [0.5, 0.6) is 0 Å². The molecule has 0 unspecified atom stereocenters. The van der Waals surface area contributed by atoms with Crippen molar-refractivity contribution in [3.63, 3.8) is 0 Å². The molecule has 0 amide bonds. The zero-order chi connectivity index (χ0) is 36.6. The standard InChI is InChI=1S/C47H28N6O2/c54-44-35-19-8-11-21-39(35)49-47-51(32-15-5-2-6-16-32)45(55)37-28-31(24-26-42(37)53(44)47)30-23-25-41-36(27-30)33-17-9-12-22-40(33)52(41)46-48-38-20-10-7-18-34(38)43(50-46)29-13-3-1-4-14-29/h1-28H. The summed E-state index contributed by atoms with van der Waals surface area (Å²) in [5.74, 6) is 0.850. The number of hydrogen-bond acceptors (Lipinski definition) is 5. The third-order valence-electron chi connectivity index (χ3n) is 10.5. The van der Waals surface area contributed by atoms with E-state index in [4.69, 9.17) is 15.0 Å². The fraction of sp³-hybridized carbons (Fsp3) is 0. The normalized spacial score (nSPS) is 11.8. The van der Waals surface area contributed by atoms with Gasteiger partial charge < -0.3 is 0 Å². The van der Waals surface area contributed by atoms with Crippen molar-refractivity contribution in [2.24, 2.45) is 0 Å². The summed E-state index contributed by atoms with van der Waals surface area (Å²) in [5.41, 5.74) is 7.64. The first-order valence-corrected chi connectivity index (χ1v) is 18.0. The first kappa shape index (κ1) is 30.9. The van der Waals surface area contributed by atoms with Gasteiger partial charge in [-0.05, 0) is 71.8 Å². The molecule has 0 aliphatic carbocycles. The molecule has 4 heterocycles. The van der Waals surface area contributed by atoms with E-state index in [1.807, 2.05) is 109 Å². The SMILES string of the molecule is O=c1c2cc(-c3ccc4c(c3)c3ccccc3n4-c3nc(-c4ccccc4)c4ccccc4n3)ccc2n2c(=O)c3ccccc3nc2n1-c1ccccc1. The summed E-state index contributed by atoms with van der Waals surface area (Å²) in [5, 5.41) is 3.96. The zero-order valence-corrected chi connectivity index (χ0v) is 29.2. The number of rotatable bonds is 4. The number of hydrogen-bond donors (Lipinski definition) is 0. The van der Waals surface area contributed by atoms with Crippen LogP contribution in [0.25, 0.3) is 94.3 Å². The molecule has 4 aromatic heterocycles. The van der Waals surface area contributed by atoms with Gasteiger partial charge in [-0.3, -0.25) is 14.2 Å². The van der Waals surface area contributed by atoms with Crippen molar-refractivity contribution in [2.75, 3.05) is 0 Å². The lowest BCUT2D eigenvalue weighted by Gasteiger charge is -2.15. The molecule has 0 aliphatic rings. The maximum Gasteiger partial charge on any atom is 0.267 e. The fourth-order valence-corrected chi connectivity index (χ4v) is 7.94.